The number of aromatic nitrogens is 3. The SMILES string of the molecule is CN(C)c1ccc(/C=N\Nc2nc(Nc3ccccc3)nc(Nc3ccc([N+](=O)[O-])cc3)n2)cc1. The Kier molecular flexibility index (Phi) is 7.07. The van der Waals surface area contributed by atoms with Crippen LogP contribution >= 0.6 is 0 Å². The number of nitro groups is 1. The van der Waals surface area contributed by atoms with Crippen LogP contribution < -0.4 is 21.0 Å². The van der Waals surface area contributed by atoms with Crippen molar-refractivity contribution < 1.29 is 4.92 Å². The molecular weight excluding hydrogens is 446 g/mol. The molecule has 4 rings (SSSR count). The van der Waals surface area contributed by atoms with E-state index in [1.807, 2.05) is 73.6 Å². The number of nitro benzene ring substituents is 1. The summed E-state index contributed by atoms with van der Waals surface area (Å²) >= 11 is 0. The molecular formula is C24H23N9O2. The number of para-hydroxylation sites is 1. The molecule has 3 aromatic carbocycles. The first-order chi connectivity index (χ1) is 17.0. The molecule has 0 amide bonds. The summed E-state index contributed by atoms with van der Waals surface area (Å²) in [7, 11) is 3.96. The van der Waals surface area contributed by atoms with E-state index in [0.29, 0.717) is 11.6 Å². The van der Waals surface area contributed by atoms with Gasteiger partial charge in [0.1, 0.15) is 0 Å². The quantitative estimate of drug-likeness (QED) is 0.180. The van der Waals surface area contributed by atoms with Crippen LogP contribution in [0.2, 0.25) is 0 Å². The minimum absolute atomic E-state index is 0.00654. The molecule has 0 radical (unpaired) electrons. The molecule has 0 aliphatic heterocycles. The van der Waals surface area contributed by atoms with Crippen molar-refractivity contribution in [2.24, 2.45) is 5.10 Å². The Balaban J connectivity index is 1.54. The molecule has 0 saturated heterocycles. The van der Waals surface area contributed by atoms with Crippen LogP contribution in [-0.4, -0.2) is 40.2 Å². The number of nitrogens with zero attached hydrogens (tertiary/aromatic N) is 6. The third-order valence-electron chi connectivity index (χ3n) is 4.79. The summed E-state index contributed by atoms with van der Waals surface area (Å²) in [5.74, 6) is 0.743. The number of hydrogen-bond donors (Lipinski definition) is 3. The number of hydrogen-bond acceptors (Lipinski definition) is 10. The highest BCUT2D eigenvalue weighted by Crippen LogP contribution is 2.21. The Hall–Kier alpha value is -5.06. The van der Waals surface area contributed by atoms with E-state index in [0.717, 1.165) is 16.9 Å². The molecule has 0 fully saturated rings. The minimum atomic E-state index is -0.456. The van der Waals surface area contributed by atoms with Crippen molar-refractivity contribution >= 4 is 46.8 Å². The third kappa shape index (κ3) is 6.48. The number of benzene rings is 3. The van der Waals surface area contributed by atoms with E-state index in [4.69, 9.17) is 0 Å². The zero-order chi connectivity index (χ0) is 24.6. The molecule has 0 spiro atoms. The van der Waals surface area contributed by atoms with Crippen LogP contribution in [0.3, 0.4) is 0 Å². The van der Waals surface area contributed by atoms with Crippen LogP contribution in [0.15, 0.2) is 84.0 Å². The maximum absolute atomic E-state index is 10.9. The van der Waals surface area contributed by atoms with Crippen LogP contribution in [0, 0.1) is 10.1 Å². The molecule has 0 bridgehead atoms. The van der Waals surface area contributed by atoms with E-state index in [1.165, 1.54) is 12.1 Å². The standard InChI is InChI=1S/C24H23N9O2/c1-32(2)20-12-8-17(9-13-20)16-25-31-24-29-22(26-18-6-4-3-5-7-18)28-23(30-24)27-19-10-14-21(15-11-19)33(34)35/h3-16H,1-2H3,(H3,26,27,28,29,30,31)/b25-16-. The molecule has 0 aliphatic carbocycles. The van der Waals surface area contributed by atoms with Crippen LogP contribution in [0.5, 0.6) is 0 Å². The largest absolute Gasteiger partial charge is 0.378 e. The van der Waals surface area contributed by atoms with Crippen LogP contribution in [0.4, 0.5) is 40.6 Å². The predicted molar refractivity (Wildman–Crippen MR) is 138 cm³/mol. The summed E-state index contributed by atoms with van der Waals surface area (Å²) < 4.78 is 0. The summed E-state index contributed by atoms with van der Waals surface area (Å²) in [4.78, 5) is 25.6. The molecule has 0 saturated carbocycles. The zero-order valence-electron chi connectivity index (χ0n) is 19.1. The minimum Gasteiger partial charge on any atom is -0.378 e. The average Bonchev–Trinajstić information content (AvgIpc) is 2.85. The molecule has 0 unspecified atom stereocenters. The van der Waals surface area contributed by atoms with Gasteiger partial charge in [0.2, 0.25) is 17.8 Å². The number of non-ortho nitro benzene ring substituents is 1. The van der Waals surface area contributed by atoms with Gasteiger partial charge in [-0.15, -0.1) is 0 Å². The predicted octanol–water partition coefficient (Wildman–Crippen LogP) is 4.78. The number of rotatable bonds is 9. The molecule has 11 heteroatoms. The van der Waals surface area contributed by atoms with E-state index < -0.39 is 4.92 Å². The summed E-state index contributed by atoms with van der Waals surface area (Å²) in [5.41, 5.74) is 6.21. The van der Waals surface area contributed by atoms with E-state index in [9.17, 15) is 10.1 Å². The van der Waals surface area contributed by atoms with Crippen LogP contribution in [0.1, 0.15) is 5.56 Å². The molecule has 1 heterocycles. The van der Waals surface area contributed by atoms with Gasteiger partial charge in [-0.3, -0.25) is 10.1 Å². The first kappa shape index (κ1) is 23.1. The fourth-order valence-electron chi connectivity index (χ4n) is 3.01. The van der Waals surface area contributed by atoms with Gasteiger partial charge < -0.3 is 15.5 Å². The molecule has 35 heavy (non-hydrogen) atoms. The Morgan fingerprint density at radius 2 is 1.37 bits per heavy atom. The highest BCUT2D eigenvalue weighted by molar-refractivity contribution is 5.80. The lowest BCUT2D eigenvalue weighted by Crippen LogP contribution is -2.08. The van der Waals surface area contributed by atoms with Gasteiger partial charge in [-0.05, 0) is 42.0 Å². The van der Waals surface area contributed by atoms with Crippen molar-refractivity contribution in [2.45, 2.75) is 0 Å². The van der Waals surface area contributed by atoms with Crippen LogP contribution in [0.25, 0.3) is 0 Å². The maximum atomic E-state index is 10.9. The van der Waals surface area contributed by atoms with Crippen molar-refractivity contribution in [3.05, 3.63) is 94.5 Å². The van der Waals surface area contributed by atoms with Gasteiger partial charge in [0.25, 0.3) is 5.69 Å². The topological polar surface area (TPSA) is 134 Å². The Morgan fingerprint density at radius 3 is 1.94 bits per heavy atom. The van der Waals surface area contributed by atoms with Crippen molar-refractivity contribution in [3.8, 4) is 0 Å². The second-order valence-electron chi connectivity index (χ2n) is 7.58. The van der Waals surface area contributed by atoms with Crippen LogP contribution in [-0.2, 0) is 0 Å². The van der Waals surface area contributed by atoms with E-state index in [-0.39, 0.29) is 17.6 Å². The molecule has 4 aromatic rings. The maximum Gasteiger partial charge on any atom is 0.269 e. The average molecular weight is 470 g/mol. The monoisotopic (exact) mass is 469 g/mol. The van der Waals surface area contributed by atoms with Crippen molar-refractivity contribution in [1.29, 1.82) is 0 Å². The second kappa shape index (κ2) is 10.7. The number of hydrazone groups is 1. The highest BCUT2D eigenvalue weighted by Gasteiger charge is 2.09. The van der Waals surface area contributed by atoms with Gasteiger partial charge in [0.15, 0.2) is 0 Å². The van der Waals surface area contributed by atoms with Gasteiger partial charge >= 0.3 is 0 Å². The lowest BCUT2D eigenvalue weighted by Gasteiger charge is -2.11. The van der Waals surface area contributed by atoms with E-state index >= 15 is 0 Å². The molecule has 1 aromatic heterocycles. The zero-order valence-corrected chi connectivity index (χ0v) is 19.1. The summed E-state index contributed by atoms with van der Waals surface area (Å²) in [6, 6.07) is 23.3. The summed E-state index contributed by atoms with van der Waals surface area (Å²) in [6.45, 7) is 0. The van der Waals surface area contributed by atoms with E-state index in [2.05, 4.69) is 36.1 Å². The Labute approximate surface area is 201 Å². The van der Waals surface area contributed by atoms with Gasteiger partial charge in [-0.1, -0.05) is 30.3 Å². The molecule has 176 valence electrons. The lowest BCUT2D eigenvalue weighted by molar-refractivity contribution is -0.384. The number of nitrogens with one attached hydrogen (secondary N) is 3. The number of anilines is 6. The fourth-order valence-corrected chi connectivity index (χ4v) is 3.01. The molecule has 0 aliphatic rings. The smallest absolute Gasteiger partial charge is 0.269 e. The van der Waals surface area contributed by atoms with Gasteiger partial charge in [0.05, 0.1) is 11.1 Å². The van der Waals surface area contributed by atoms with Gasteiger partial charge in [0, 0.05) is 43.3 Å². The highest BCUT2D eigenvalue weighted by atomic mass is 16.6. The molecule has 0 atom stereocenters. The molecule has 11 nitrogen and oxygen atoms in total. The first-order valence-corrected chi connectivity index (χ1v) is 10.6. The van der Waals surface area contributed by atoms with Crippen molar-refractivity contribution in [1.82, 2.24) is 15.0 Å². The van der Waals surface area contributed by atoms with Crippen molar-refractivity contribution in [2.75, 3.05) is 35.1 Å². The first-order valence-electron chi connectivity index (χ1n) is 10.6. The Bertz CT molecular complexity index is 1310. The third-order valence-corrected chi connectivity index (χ3v) is 4.79. The molecule has 3 N–H and O–H groups in total. The van der Waals surface area contributed by atoms with Gasteiger partial charge in [-0.25, -0.2) is 5.43 Å². The van der Waals surface area contributed by atoms with E-state index in [1.54, 1.807) is 18.3 Å². The lowest BCUT2D eigenvalue weighted by atomic mass is 10.2. The summed E-state index contributed by atoms with van der Waals surface area (Å²) in [5, 5.41) is 21.3. The normalized spacial score (nSPS) is 10.7. The Morgan fingerprint density at radius 1 is 0.800 bits per heavy atom. The fraction of sp³-hybridized carbons (Fsp3) is 0.0833. The van der Waals surface area contributed by atoms with Gasteiger partial charge in [-0.2, -0.15) is 20.1 Å². The summed E-state index contributed by atoms with van der Waals surface area (Å²) in [6.07, 6.45) is 1.66. The second-order valence-corrected chi connectivity index (χ2v) is 7.58. The van der Waals surface area contributed by atoms with Crippen molar-refractivity contribution in [3.63, 3.8) is 0 Å².